The van der Waals surface area contributed by atoms with Crippen LogP contribution in [0.4, 0.5) is 10.5 Å². The predicted octanol–water partition coefficient (Wildman–Crippen LogP) is 2.54. The van der Waals surface area contributed by atoms with Gasteiger partial charge in [-0.25, -0.2) is 10.2 Å². The van der Waals surface area contributed by atoms with E-state index < -0.39 is 17.9 Å². The van der Waals surface area contributed by atoms with Crippen molar-refractivity contribution in [2.24, 2.45) is 5.92 Å². The standard InChI is InChI=1S/C19H19ClN4O3/c20-15-6-8-16(9-7-15)21-19(27)23-22-18(26)14-10-17(25)24(12-14)11-13-4-2-1-3-5-13/h1-9,14H,10-12H2,(H,22,26)(H2,21,23,27). The third-order valence-corrected chi connectivity index (χ3v) is 4.45. The molecule has 0 saturated carbocycles. The number of hydrogen-bond acceptors (Lipinski definition) is 3. The number of nitrogens with one attached hydrogen (secondary N) is 3. The maximum absolute atomic E-state index is 12.2. The summed E-state index contributed by atoms with van der Waals surface area (Å²) in [7, 11) is 0. The molecule has 4 amide bonds. The largest absolute Gasteiger partial charge is 0.338 e. The van der Waals surface area contributed by atoms with Crippen molar-refractivity contribution in [3.8, 4) is 0 Å². The van der Waals surface area contributed by atoms with Crippen LogP contribution in [0.1, 0.15) is 12.0 Å². The number of likely N-dealkylation sites (tertiary alicyclic amines) is 1. The van der Waals surface area contributed by atoms with E-state index in [-0.39, 0.29) is 12.3 Å². The minimum Gasteiger partial charge on any atom is -0.338 e. The summed E-state index contributed by atoms with van der Waals surface area (Å²) in [6.45, 7) is 0.786. The van der Waals surface area contributed by atoms with E-state index in [4.69, 9.17) is 11.6 Å². The van der Waals surface area contributed by atoms with Crippen molar-refractivity contribution in [1.29, 1.82) is 0 Å². The third kappa shape index (κ3) is 5.21. The Labute approximate surface area is 161 Å². The molecule has 1 fully saturated rings. The second kappa shape index (κ2) is 8.55. The van der Waals surface area contributed by atoms with Crippen molar-refractivity contribution in [2.75, 3.05) is 11.9 Å². The summed E-state index contributed by atoms with van der Waals surface area (Å²) in [5, 5.41) is 3.12. The zero-order chi connectivity index (χ0) is 19.2. The van der Waals surface area contributed by atoms with E-state index in [1.165, 1.54) is 0 Å². The SMILES string of the molecule is O=C(NNC(=O)C1CC(=O)N(Cc2ccccc2)C1)Nc1ccc(Cl)cc1. The number of benzene rings is 2. The van der Waals surface area contributed by atoms with Crippen molar-refractivity contribution in [1.82, 2.24) is 15.8 Å². The third-order valence-electron chi connectivity index (χ3n) is 4.20. The summed E-state index contributed by atoms with van der Waals surface area (Å²) >= 11 is 5.78. The molecule has 0 radical (unpaired) electrons. The van der Waals surface area contributed by atoms with Crippen molar-refractivity contribution in [3.05, 3.63) is 65.2 Å². The molecule has 1 aliphatic heterocycles. The Morgan fingerprint density at radius 2 is 1.74 bits per heavy atom. The Balaban J connectivity index is 1.46. The first-order valence-corrected chi connectivity index (χ1v) is 8.83. The summed E-state index contributed by atoms with van der Waals surface area (Å²) < 4.78 is 0. The smallest absolute Gasteiger partial charge is 0.337 e. The van der Waals surface area contributed by atoms with Crippen LogP contribution in [-0.2, 0) is 16.1 Å². The summed E-state index contributed by atoms with van der Waals surface area (Å²) in [5.74, 6) is -0.980. The Bertz CT molecular complexity index is 827. The molecule has 7 nitrogen and oxygen atoms in total. The number of nitrogens with zero attached hydrogens (tertiary/aromatic N) is 1. The lowest BCUT2D eigenvalue weighted by molar-refractivity contribution is -0.129. The van der Waals surface area contributed by atoms with Crippen LogP contribution in [0, 0.1) is 5.92 Å². The fourth-order valence-corrected chi connectivity index (χ4v) is 2.95. The van der Waals surface area contributed by atoms with Crippen LogP contribution in [0.2, 0.25) is 5.02 Å². The molecular weight excluding hydrogens is 368 g/mol. The zero-order valence-electron chi connectivity index (χ0n) is 14.4. The quantitative estimate of drug-likeness (QED) is 0.705. The number of rotatable bonds is 4. The van der Waals surface area contributed by atoms with Crippen molar-refractivity contribution >= 4 is 35.1 Å². The van der Waals surface area contributed by atoms with Crippen LogP contribution in [0.15, 0.2) is 54.6 Å². The van der Waals surface area contributed by atoms with Crippen molar-refractivity contribution < 1.29 is 14.4 Å². The molecule has 1 unspecified atom stereocenters. The van der Waals surface area contributed by atoms with Crippen LogP contribution in [-0.4, -0.2) is 29.3 Å². The number of carbonyl (C=O) groups excluding carboxylic acids is 3. The maximum Gasteiger partial charge on any atom is 0.337 e. The molecule has 0 spiro atoms. The Kier molecular flexibility index (Phi) is 5.93. The molecule has 0 aliphatic carbocycles. The molecule has 2 aromatic rings. The Morgan fingerprint density at radius 1 is 1.04 bits per heavy atom. The van der Waals surface area contributed by atoms with Gasteiger partial charge in [-0.3, -0.25) is 15.0 Å². The lowest BCUT2D eigenvalue weighted by atomic mass is 10.1. The topological polar surface area (TPSA) is 90.5 Å². The molecule has 3 N–H and O–H groups in total. The maximum atomic E-state index is 12.2. The predicted molar refractivity (Wildman–Crippen MR) is 102 cm³/mol. The second-order valence-electron chi connectivity index (χ2n) is 6.24. The number of amides is 4. The van der Waals surface area contributed by atoms with Crippen molar-refractivity contribution in [3.63, 3.8) is 0 Å². The molecule has 0 bridgehead atoms. The van der Waals surface area contributed by atoms with E-state index >= 15 is 0 Å². The minimum atomic E-state index is -0.587. The first kappa shape index (κ1) is 18.7. The monoisotopic (exact) mass is 386 g/mol. The van der Waals surface area contributed by atoms with Gasteiger partial charge in [0, 0.05) is 30.2 Å². The Hall–Kier alpha value is -3.06. The van der Waals surface area contributed by atoms with Crippen LogP contribution < -0.4 is 16.2 Å². The molecule has 3 rings (SSSR count). The van der Waals surface area contributed by atoms with Gasteiger partial charge in [0.25, 0.3) is 0 Å². The van der Waals surface area contributed by atoms with Gasteiger partial charge in [-0.1, -0.05) is 41.9 Å². The van der Waals surface area contributed by atoms with Gasteiger partial charge in [0.2, 0.25) is 11.8 Å². The molecule has 2 aromatic carbocycles. The van der Waals surface area contributed by atoms with Gasteiger partial charge < -0.3 is 10.2 Å². The molecule has 27 heavy (non-hydrogen) atoms. The fraction of sp³-hybridized carbons (Fsp3) is 0.211. The van der Waals surface area contributed by atoms with Gasteiger partial charge in [0.15, 0.2) is 0 Å². The highest BCUT2D eigenvalue weighted by Gasteiger charge is 2.34. The number of hydrogen-bond donors (Lipinski definition) is 3. The summed E-state index contributed by atoms with van der Waals surface area (Å²) in [5.41, 5.74) is 6.19. The number of carbonyl (C=O) groups is 3. The van der Waals surface area contributed by atoms with Crippen molar-refractivity contribution in [2.45, 2.75) is 13.0 Å². The average molecular weight is 387 g/mol. The molecular formula is C19H19ClN4O3. The highest BCUT2D eigenvalue weighted by molar-refractivity contribution is 6.30. The van der Waals surface area contributed by atoms with E-state index in [0.717, 1.165) is 5.56 Å². The average Bonchev–Trinajstić information content (AvgIpc) is 3.03. The summed E-state index contributed by atoms with van der Waals surface area (Å²) in [6.07, 6.45) is 0.124. The minimum absolute atomic E-state index is 0.0791. The van der Waals surface area contributed by atoms with Gasteiger partial charge in [-0.05, 0) is 29.8 Å². The van der Waals surface area contributed by atoms with Gasteiger partial charge in [-0.2, -0.15) is 0 Å². The summed E-state index contributed by atoms with van der Waals surface area (Å²) in [6, 6.07) is 15.6. The van der Waals surface area contributed by atoms with E-state index in [2.05, 4.69) is 16.2 Å². The Morgan fingerprint density at radius 3 is 2.44 bits per heavy atom. The highest BCUT2D eigenvalue weighted by atomic mass is 35.5. The van der Waals surface area contributed by atoms with E-state index in [1.807, 2.05) is 30.3 Å². The molecule has 1 atom stereocenters. The lowest BCUT2D eigenvalue weighted by Crippen LogP contribution is -2.46. The molecule has 1 heterocycles. The molecule has 140 valence electrons. The number of halogens is 1. The number of hydrazine groups is 1. The van der Waals surface area contributed by atoms with Crippen LogP contribution >= 0.6 is 11.6 Å². The van der Waals surface area contributed by atoms with Gasteiger partial charge >= 0.3 is 6.03 Å². The lowest BCUT2D eigenvalue weighted by Gasteiger charge is -2.17. The van der Waals surface area contributed by atoms with E-state index in [9.17, 15) is 14.4 Å². The van der Waals surface area contributed by atoms with E-state index in [1.54, 1.807) is 29.2 Å². The number of urea groups is 1. The first-order chi connectivity index (χ1) is 13.0. The second-order valence-corrected chi connectivity index (χ2v) is 6.67. The first-order valence-electron chi connectivity index (χ1n) is 8.45. The molecule has 0 aromatic heterocycles. The molecule has 1 aliphatic rings. The van der Waals surface area contributed by atoms with Crippen LogP contribution in [0.5, 0.6) is 0 Å². The van der Waals surface area contributed by atoms with E-state index in [0.29, 0.717) is 23.8 Å². The summed E-state index contributed by atoms with van der Waals surface area (Å²) in [4.78, 5) is 37.9. The van der Waals surface area contributed by atoms with Gasteiger partial charge in [0.05, 0.1) is 5.92 Å². The normalized spacial score (nSPS) is 16.1. The van der Waals surface area contributed by atoms with Crippen LogP contribution in [0.25, 0.3) is 0 Å². The molecule has 1 saturated heterocycles. The van der Waals surface area contributed by atoms with Gasteiger partial charge in [0.1, 0.15) is 0 Å². The highest BCUT2D eigenvalue weighted by Crippen LogP contribution is 2.20. The van der Waals surface area contributed by atoms with Crippen LogP contribution in [0.3, 0.4) is 0 Å². The zero-order valence-corrected chi connectivity index (χ0v) is 15.2. The molecule has 8 heteroatoms. The fourth-order valence-electron chi connectivity index (χ4n) is 2.82. The van der Waals surface area contributed by atoms with Gasteiger partial charge in [-0.15, -0.1) is 0 Å². The number of anilines is 1.